The lowest BCUT2D eigenvalue weighted by molar-refractivity contribution is 0.490. The third-order valence-electron chi connectivity index (χ3n) is 2.40. The molecule has 0 radical (unpaired) electrons. The second-order valence-electron chi connectivity index (χ2n) is 3.65. The van der Waals surface area contributed by atoms with Crippen molar-refractivity contribution in [2.75, 3.05) is 5.32 Å². The molecule has 1 atom stereocenters. The zero-order chi connectivity index (χ0) is 12.3. The number of rotatable bonds is 4. The third-order valence-corrected chi connectivity index (χ3v) is 2.62. The van der Waals surface area contributed by atoms with Crippen molar-refractivity contribution in [1.29, 1.82) is 0 Å². The van der Waals surface area contributed by atoms with Crippen LogP contribution in [0.1, 0.15) is 24.3 Å². The van der Waals surface area contributed by atoms with Crippen LogP contribution in [0.25, 0.3) is 0 Å². The highest BCUT2D eigenvalue weighted by molar-refractivity contribution is 7.80. The monoisotopic (exact) mass is 247 g/mol. The van der Waals surface area contributed by atoms with Gasteiger partial charge in [0.15, 0.2) is 0 Å². The Bertz CT molecular complexity index is 510. The first-order valence-electron chi connectivity index (χ1n) is 5.23. The summed E-state index contributed by atoms with van der Waals surface area (Å²) in [5, 5.41) is 3.22. The van der Waals surface area contributed by atoms with Gasteiger partial charge in [-0.15, -0.1) is 0 Å². The number of nitrogens with two attached hydrogens (primary N) is 1. The van der Waals surface area contributed by atoms with Crippen molar-refractivity contribution in [3.05, 3.63) is 48.0 Å². The molecule has 17 heavy (non-hydrogen) atoms. The number of hydrogen-bond donors (Lipinski definition) is 2. The topological polar surface area (TPSA) is 64.1 Å². The molecule has 0 amide bonds. The minimum Gasteiger partial charge on any atom is -0.467 e. The minimum absolute atomic E-state index is 0.00741. The van der Waals surface area contributed by atoms with Gasteiger partial charge in [0, 0.05) is 6.20 Å². The maximum atomic E-state index is 5.64. The molecule has 5 heteroatoms. The molecule has 0 bridgehead atoms. The molecule has 0 saturated carbocycles. The Labute approximate surface area is 105 Å². The fraction of sp³-hybridized carbons (Fsp3) is 0.167. The van der Waals surface area contributed by atoms with E-state index in [1.54, 1.807) is 18.5 Å². The Hall–Kier alpha value is -1.88. The van der Waals surface area contributed by atoms with Crippen LogP contribution in [-0.2, 0) is 0 Å². The molecule has 2 heterocycles. The highest BCUT2D eigenvalue weighted by atomic mass is 32.1. The molecule has 2 rings (SSSR count). The molecule has 0 aliphatic heterocycles. The summed E-state index contributed by atoms with van der Waals surface area (Å²) in [7, 11) is 0. The normalized spacial score (nSPS) is 12.1. The number of thiocarbonyl (C=S) groups is 1. The predicted molar refractivity (Wildman–Crippen MR) is 70.9 cm³/mol. The van der Waals surface area contributed by atoms with E-state index in [1.165, 1.54) is 0 Å². The van der Waals surface area contributed by atoms with Gasteiger partial charge in [0.2, 0.25) is 0 Å². The lowest BCUT2D eigenvalue weighted by atomic mass is 10.2. The van der Waals surface area contributed by atoms with Crippen LogP contribution in [0.3, 0.4) is 0 Å². The van der Waals surface area contributed by atoms with Gasteiger partial charge in [-0.25, -0.2) is 4.98 Å². The molecule has 0 aliphatic carbocycles. The van der Waals surface area contributed by atoms with Crippen molar-refractivity contribution in [3.63, 3.8) is 0 Å². The van der Waals surface area contributed by atoms with Crippen molar-refractivity contribution in [1.82, 2.24) is 4.98 Å². The molecule has 0 fully saturated rings. The number of anilines is 1. The Kier molecular flexibility index (Phi) is 3.39. The molecular formula is C12H13N3OS. The molecule has 0 saturated heterocycles. The number of nitrogens with one attached hydrogen (secondary N) is 1. The number of nitrogens with zero attached hydrogens (tertiary/aromatic N) is 1. The average molecular weight is 247 g/mol. The Morgan fingerprint density at radius 1 is 1.47 bits per heavy atom. The lowest BCUT2D eigenvalue weighted by Gasteiger charge is -2.14. The van der Waals surface area contributed by atoms with E-state index >= 15 is 0 Å². The summed E-state index contributed by atoms with van der Waals surface area (Å²) in [6, 6.07) is 7.40. The van der Waals surface area contributed by atoms with Crippen LogP contribution in [0.5, 0.6) is 0 Å². The molecule has 0 aromatic carbocycles. The first-order chi connectivity index (χ1) is 8.18. The zero-order valence-electron chi connectivity index (χ0n) is 9.38. The van der Waals surface area contributed by atoms with Crippen molar-refractivity contribution in [3.8, 4) is 0 Å². The molecule has 3 N–H and O–H groups in total. The van der Waals surface area contributed by atoms with Crippen molar-refractivity contribution >= 4 is 23.0 Å². The summed E-state index contributed by atoms with van der Waals surface area (Å²) in [5.41, 5.74) is 6.37. The maximum Gasteiger partial charge on any atom is 0.136 e. The molecule has 88 valence electrons. The minimum atomic E-state index is 0.00741. The van der Waals surface area contributed by atoms with Crippen LogP contribution in [-0.4, -0.2) is 9.97 Å². The summed E-state index contributed by atoms with van der Waals surface area (Å²) in [5.74, 6) is 1.51. The standard InChI is InChI=1S/C12H13N3OS/c1-8(10-5-3-7-16-10)15-12-9(11(13)17)4-2-6-14-12/h2-8H,1H3,(H2,13,17)(H,14,15). The van der Waals surface area contributed by atoms with Gasteiger partial charge in [0.25, 0.3) is 0 Å². The Morgan fingerprint density at radius 2 is 2.29 bits per heavy atom. The fourth-order valence-electron chi connectivity index (χ4n) is 1.53. The summed E-state index contributed by atoms with van der Waals surface area (Å²) in [6.07, 6.45) is 3.33. The molecule has 1 unspecified atom stereocenters. The van der Waals surface area contributed by atoms with Gasteiger partial charge in [-0.05, 0) is 31.2 Å². The highest BCUT2D eigenvalue weighted by Gasteiger charge is 2.12. The lowest BCUT2D eigenvalue weighted by Crippen LogP contribution is -2.15. The third kappa shape index (κ3) is 2.62. The molecule has 2 aromatic rings. The van der Waals surface area contributed by atoms with Gasteiger partial charge in [-0.1, -0.05) is 12.2 Å². The van der Waals surface area contributed by atoms with Gasteiger partial charge in [0.1, 0.15) is 16.6 Å². The number of aromatic nitrogens is 1. The predicted octanol–water partition coefficient (Wildman–Crippen LogP) is 2.48. The number of furan rings is 1. The van der Waals surface area contributed by atoms with Gasteiger partial charge in [-0.2, -0.15) is 0 Å². The van der Waals surface area contributed by atoms with Crippen LogP contribution in [0.15, 0.2) is 41.1 Å². The SMILES string of the molecule is CC(Nc1ncccc1C(N)=S)c1ccco1. The van der Waals surface area contributed by atoms with Gasteiger partial charge < -0.3 is 15.5 Å². The Morgan fingerprint density at radius 3 is 2.94 bits per heavy atom. The summed E-state index contributed by atoms with van der Waals surface area (Å²) >= 11 is 4.98. The van der Waals surface area contributed by atoms with Gasteiger partial charge in [0.05, 0.1) is 17.9 Å². The van der Waals surface area contributed by atoms with E-state index in [1.807, 2.05) is 25.1 Å². The molecule has 0 spiro atoms. The molecule has 2 aromatic heterocycles. The molecule has 0 aliphatic rings. The fourth-order valence-corrected chi connectivity index (χ4v) is 1.70. The maximum absolute atomic E-state index is 5.64. The van der Waals surface area contributed by atoms with Crippen LogP contribution >= 0.6 is 12.2 Å². The smallest absolute Gasteiger partial charge is 0.136 e. The van der Waals surface area contributed by atoms with Crippen LogP contribution in [0.4, 0.5) is 5.82 Å². The summed E-state index contributed by atoms with van der Waals surface area (Å²) < 4.78 is 5.31. The molecular weight excluding hydrogens is 234 g/mol. The van der Waals surface area contributed by atoms with E-state index in [4.69, 9.17) is 22.4 Å². The van der Waals surface area contributed by atoms with Crippen LogP contribution in [0.2, 0.25) is 0 Å². The molecule has 4 nitrogen and oxygen atoms in total. The summed E-state index contributed by atoms with van der Waals surface area (Å²) in [4.78, 5) is 4.56. The van der Waals surface area contributed by atoms with E-state index in [2.05, 4.69) is 10.3 Å². The van der Waals surface area contributed by atoms with E-state index < -0.39 is 0 Å². The summed E-state index contributed by atoms with van der Waals surface area (Å²) in [6.45, 7) is 1.98. The van der Waals surface area contributed by atoms with Crippen LogP contribution < -0.4 is 11.1 Å². The first kappa shape index (κ1) is 11.6. The average Bonchev–Trinajstić information content (AvgIpc) is 2.83. The van der Waals surface area contributed by atoms with Gasteiger partial charge >= 0.3 is 0 Å². The van der Waals surface area contributed by atoms with Gasteiger partial charge in [-0.3, -0.25) is 0 Å². The quantitative estimate of drug-likeness (QED) is 0.813. The first-order valence-corrected chi connectivity index (χ1v) is 5.64. The zero-order valence-corrected chi connectivity index (χ0v) is 10.2. The highest BCUT2D eigenvalue weighted by Crippen LogP contribution is 2.20. The van der Waals surface area contributed by atoms with E-state index in [9.17, 15) is 0 Å². The largest absolute Gasteiger partial charge is 0.467 e. The van der Waals surface area contributed by atoms with E-state index in [-0.39, 0.29) is 6.04 Å². The second kappa shape index (κ2) is 4.97. The van der Waals surface area contributed by atoms with Crippen molar-refractivity contribution in [2.24, 2.45) is 5.73 Å². The van der Waals surface area contributed by atoms with Crippen molar-refractivity contribution in [2.45, 2.75) is 13.0 Å². The van der Waals surface area contributed by atoms with Crippen LogP contribution in [0, 0.1) is 0 Å². The van der Waals surface area contributed by atoms with E-state index in [0.29, 0.717) is 10.8 Å². The Balaban J connectivity index is 2.21. The second-order valence-corrected chi connectivity index (χ2v) is 4.09. The number of pyridine rings is 1. The number of hydrogen-bond acceptors (Lipinski definition) is 4. The van der Waals surface area contributed by atoms with Crippen molar-refractivity contribution < 1.29 is 4.42 Å². The van der Waals surface area contributed by atoms with E-state index in [0.717, 1.165) is 11.3 Å².